The van der Waals surface area contributed by atoms with Crippen LogP contribution >= 0.6 is 12.2 Å². The van der Waals surface area contributed by atoms with E-state index in [0.717, 1.165) is 38.5 Å². The minimum Gasteiger partial charge on any atom is -0.392 e. The minimum atomic E-state index is -3.48. The van der Waals surface area contributed by atoms with Crippen molar-refractivity contribution in [1.82, 2.24) is 9.03 Å². The molecule has 0 bridgehead atoms. The molecule has 0 radical (unpaired) electrons. The Balaban J connectivity index is 2.02. The van der Waals surface area contributed by atoms with Gasteiger partial charge in [-0.15, -0.1) is 0 Å². The van der Waals surface area contributed by atoms with Crippen LogP contribution in [0.5, 0.6) is 0 Å². The van der Waals surface area contributed by atoms with E-state index in [-0.39, 0.29) is 10.9 Å². The topological polar surface area (TPSA) is 75.4 Å². The summed E-state index contributed by atoms with van der Waals surface area (Å²) >= 11 is 5.12. The van der Waals surface area contributed by atoms with Crippen molar-refractivity contribution in [3.05, 3.63) is 0 Å². The zero-order chi connectivity index (χ0) is 15.5. The first-order valence-electron chi connectivity index (χ1n) is 7.97. The average molecular weight is 334 g/mol. The van der Waals surface area contributed by atoms with Crippen molar-refractivity contribution in [3.63, 3.8) is 0 Å². The molecule has 1 unspecified atom stereocenters. The van der Waals surface area contributed by atoms with E-state index >= 15 is 0 Å². The lowest BCUT2D eigenvalue weighted by Gasteiger charge is -2.34. The average Bonchev–Trinajstić information content (AvgIpc) is 2.46. The van der Waals surface area contributed by atoms with E-state index in [1.54, 1.807) is 4.31 Å². The SMILES string of the molecule is CC1CCN(S(=O)(=O)NC(C(N)=S)C2CCCCC2)CC1. The molecular weight excluding hydrogens is 306 g/mol. The molecule has 0 aromatic heterocycles. The number of nitrogens with one attached hydrogen (secondary N) is 1. The van der Waals surface area contributed by atoms with Gasteiger partial charge in [0, 0.05) is 13.1 Å². The highest BCUT2D eigenvalue weighted by molar-refractivity contribution is 7.87. The van der Waals surface area contributed by atoms with Crippen molar-refractivity contribution in [3.8, 4) is 0 Å². The fourth-order valence-corrected chi connectivity index (χ4v) is 5.12. The summed E-state index contributed by atoms with van der Waals surface area (Å²) in [6.07, 6.45) is 7.32. The Bertz CT molecular complexity index is 453. The highest BCUT2D eigenvalue weighted by Crippen LogP contribution is 2.27. The van der Waals surface area contributed by atoms with Crippen LogP contribution < -0.4 is 10.5 Å². The standard InChI is InChI=1S/C14H27N3O2S2/c1-11-7-9-17(10-8-11)21(18,19)16-13(14(15)20)12-5-3-2-4-6-12/h11-13,16H,2-10H2,1H3,(H2,15,20). The molecule has 1 aliphatic heterocycles. The van der Waals surface area contributed by atoms with Gasteiger partial charge in [0.05, 0.1) is 11.0 Å². The van der Waals surface area contributed by atoms with Gasteiger partial charge in [-0.2, -0.15) is 17.4 Å². The summed E-state index contributed by atoms with van der Waals surface area (Å²) in [6, 6.07) is -0.398. The Hall–Kier alpha value is -0.240. The van der Waals surface area contributed by atoms with Gasteiger partial charge in [-0.25, -0.2) is 0 Å². The van der Waals surface area contributed by atoms with Crippen LogP contribution in [0, 0.1) is 11.8 Å². The molecule has 7 heteroatoms. The molecule has 1 aliphatic carbocycles. The van der Waals surface area contributed by atoms with Crippen molar-refractivity contribution >= 4 is 27.4 Å². The Kier molecular flexibility index (Phi) is 5.99. The van der Waals surface area contributed by atoms with Gasteiger partial charge >= 0.3 is 0 Å². The molecule has 1 saturated carbocycles. The molecule has 2 rings (SSSR count). The van der Waals surface area contributed by atoms with Crippen molar-refractivity contribution < 1.29 is 8.42 Å². The summed E-state index contributed by atoms with van der Waals surface area (Å²) < 4.78 is 29.4. The molecule has 1 atom stereocenters. The van der Waals surface area contributed by atoms with E-state index in [9.17, 15) is 8.42 Å². The number of hydrogen-bond donors (Lipinski definition) is 2. The first-order chi connectivity index (χ1) is 9.90. The Morgan fingerprint density at radius 2 is 1.76 bits per heavy atom. The summed E-state index contributed by atoms with van der Waals surface area (Å²) in [4.78, 5) is 0.274. The molecule has 1 saturated heterocycles. The zero-order valence-electron chi connectivity index (χ0n) is 12.8. The maximum atomic E-state index is 12.5. The summed E-state index contributed by atoms with van der Waals surface area (Å²) in [5, 5.41) is 0. The summed E-state index contributed by atoms with van der Waals surface area (Å²) in [7, 11) is -3.48. The normalized spacial score (nSPS) is 24.8. The molecule has 2 aliphatic rings. The first-order valence-corrected chi connectivity index (χ1v) is 9.81. The van der Waals surface area contributed by atoms with E-state index in [2.05, 4.69) is 11.6 Å². The van der Waals surface area contributed by atoms with Crippen LogP contribution in [0.25, 0.3) is 0 Å². The van der Waals surface area contributed by atoms with Crippen LogP contribution in [0.1, 0.15) is 51.9 Å². The molecule has 0 amide bonds. The van der Waals surface area contributed by atoms with E-state index < -0.39 is 16.3 Å². The third-order valence-electron chi connectivity index (χ3n) is 4.79. The lowest BCUT2D eigenvalue weighted by molar-refractivity contribution is 0.278. The fourth-order valence-electron chi connectivity index (χ4n) is 3.31. The predicted octanol–water partition coefficient (Wildman–Crippen LogP) is 1.79. The van der Waals surface area contributed by atoms with E-state index in [1.165, 1.54) is 6.42 Å². The third kappa shape index (κ3) is 4.61. The van der Waals surface area contributed by atoms with Gasteiger partial charge in [0.1, 0.15) is 0 Å². The van der Waals surface area contributed by atoms with E-state index in [4.69, 9.17) is 18.0 Å². The van der Waals surface area contributed by atoms with Crippen molar-refractivity contribution in [2.45, 2.75) is 57.9 Å². The number of piperidine rings is 1. The summed E-state index contributed by atoms with van der Waals surface area (Å²) in [6.45, 7) is 3.34. The van der Waals surface area contributed by atoms with Crippen LogP contribution in [0.15, 0.2) is 0 Å². The van der Waals surface area contributed by atoms with Crippen LogP contribution in [0.3, 0.4) is 0 Å². The second kappa shape index (κ2) is 7.35. The van der Waals surface area contributed by atoms with Gasteiger partial charge in [-0.3, -0.25) is 0 Å². The molecule has 0 aromatic rings. The number of hydrogen-bond acceptors (Lipinski definition) is 3. The monoisotopic (exact) mass is 333 g/mol. The molecule has 0 spiro atoms. The van der Waals surface area contributed by atoms with Crippen LogP contribution in [0.2, 0.25) is 0 Å². The number of rotatable bonds is 5. The largest absolute Gasteiger partial charge is 0.392 e. The number of thiocarbonyl (C=S) groups is 1. The second-order valence-corrected chi connectivity index (χ2v) is 8.66. The Morgan fingerprint density at radius 1 is 1.19 bits per heavy atom. The Morgan fingerprint density at radius 3 is 2.29 bits per heavy atom. The van der Waals surface area contributed by atoms with Gasteiger partial charge in [-0.05, 0) is 37.5 Å². The molecule has 3 N–H and O–H groups in total. The van der Waals surface area contributed by atoms with Crippen molar-refractivity contribution in [2.24, 2.45) is 17.6 Å². The van der Waals surface area contributed by atoms with E-state index in [0.29, 0.717) is 19.0 Å². The van der Waals surface area contributed by atoms with E-state index in [1.807, 2.05) is 0 Å². The third-order valence-corrected chi connectivity index (χ3v) is 6.64. The maximum Gasteiger partial charge on any atom is 0.280 e. The minimum absolute atomic E-state index is 0.245. The fraction of sp³-hybridized carbons (Fsp3) is 0.929. The smallest absolute Gasteiger partial charge is 0.280 e. The van der Waals surface area contributed by atoms with Crippen molar-refractivity contribution in [1.29, 1.82) is 0 Å². The molecule has 122 valence electrons. The number of nitrogens with zero attached hydrogens (tertiary/aromatic N) is 1. The summed E-state index contributed by atoms with van der Waals surface area (Å²) in [5.41, 5.74) is 5.81. The highest BCUT2D eigenvalue weighted by Gasteiger charge is 2.33. The lowest BCUT2D eigenvalue weighted by Crippen LogP contribution is -2.54. The van der Waals surface area contributed by atoms with Crippen LogP contribution in [-0.4, -0.2) is 36.8 Å². The van der Waals surface area contributed by atoms with Gasteiger partial charge in [0.15, 0.2) is 0 Å². The lowest BCUT2D eigenvalue weighted by atomic mass is 9.84. The maximum absolute atomic E-state index is 12.5. The van der Waals surface area contributed by atoms with Gasteiger partial charge in [0.25, 0.3) is 10.2 Å². The quantitative estimate of drug-likeness (QED) is 0.752. The van der Waals surface area contributed by atoms with Gasteiger partial charge < -0.3 is 5.73 Å². The molecular formula is C14H27N3O2S2. The Labute approximate surface area is 133 Å². The molecule has 2 fully saturated rings. The molecule has 21 heavy (non-hydrogen) atoms. The zero-order valence-corrected chi connectivity index (χ0v) is 14.4. The highest BCUT2D eigenvalue weighted by atomic mass is 32.2. The van der Waals surface area contributed by atoms with Crippen LogP contribution in [0.4, 0.5) is 0 Å². The molecule has 0 aromatic carbocycles. The second-order valence-electron chi connectivity index (χ2n) is 6.48. The first kappa shape index (κ1) is 17.1. The summed E-state index contributed by atoms with van der Waals surface area (Å²) in [5.74, 6) is 0.843. The van der Waals surface area contributed by atoms with Crippen LogP contribution in [-0.2, 0) is 10.2 Å². The van der Waals surface area contributed by atoms with Gasteiger partial charge in [-0.1, -0.05) is 38.4 Å². The van der Waals surface area contributed by atoms with Gasteiger partial charge in [0.2, 0.25) is 0 Å². The number of nitrogens with two attached hydrogens (primary N) is 1. The molecule has 5 nitrogen and oxygen atoms in total. The van der Waals surface area contributed by atoms with Crippen molar-refractivity contribution in [2.75, 3.05) is 13.1 Å². The molecule has 1 heterocycles. The predicted molar refractivity (Wildman–Crippen MR) is 89.2 cm³/mol.